The van der Waals surface area contributed by atoms with Gasteiger partial charge in [-0.15, -0.1) is 0 Å². The first-order valence-corrected chi connectivity index (χ1v) is 4.67. The summed E-state index contributed by atoms with van der Waals surface area (Å²) in [6, 6.07) is 3.53. The molecule has 16 heavy (non-hydrogen) atoms. The fraction of sp³-hybridized carbons (Fsp3) is 0.200. The van der Waals surface area contributed by atoms with Crippen molar-refractivity contribution in [1.29, 1.82) is 0 Å². The molecule has 2 aromatic rings. The molecule has 0 aliphatic carbocycles. The minimum atomic E-state index is -0.917. The summed E-state index contributed by atoms with van der Waals surface area (Å²) < 4.78 is 27.2. The molecule has 0 radical (unpaired) electrons. The number of benzene rings is 1. The van der Waals surface area contributed by atoms with Crippen LogP contribution in [0.15, 0.2) is 18.2 Å². The SMILES string of the molecule is Cn1nc(-c2ccc(F)c(F)c2)nc1CN. The Balaban J connectivity index is 2.46. The Morgan fingerprint density at radius 1 is 1.31 bits per heavy atom. The van der Waals surface area contributed by atoms with Crippen molar-refractivity contribution in [3.8, 4) is 11.4 Å². The monoisotopic (exact) mass is 224 g/mol. The first kappa shape index (κ1) is 10.7. The molecule has 0 atom stereocenters. The van der Waals surface area contributed by atoms with Crippen molar-refractivity contribution < 1.29 is 8.78 Å². The Hall–Kier alpha value is -1.82. The fourth-order valence-electron chi connectivity index (χ4n) is 1.35. The summed E-state index contributed by atoms with van der Waals surface area (Å²) in [7, 11) is 1.69. The van der Waals surface area contributed by atoms with Gasteiger partial charge in [0.05, 0.1) is 6.54 Å². The Morgan fingerprint density at radius 2 is 2.06 bits per heavy atom. The second kappa shape index (κ2) is 3.97. The van der Waals surface area contributed by atoms with E-state index in [4.69, 9.17) is 5.73 Å². The van der Waals surface area contributed by atoms with Crippen molar-refractivity contribution in [2.24, 2.45) is 12.8 Å². The first-order chi connectivity index (χ1) is 7.61. The van der Waals surface area contributed by atoms with Gasteiger partial charge in [-0.1, -0.05) is 0 Å². The molecule has 0 amide bonds. The summed E-state index contributed by atoms with van der Waals surface area (Å²) in [5, 5.41) is 4.06. The van der Waals surface area contributed by atoms with Crippen LogP contribution in [0.4, 0.5) is 8.78 Å². The summed E-state index contributed by atoms with van der Waals surface area (Å²) in [5.41, 5.74) is 5.86. The molecule has 4 nitrogen and oxygen atoms in total. The smallest absolute Gasteiger partial charge is 0.181 e. The molecule has 0 bridgehead atoms. The maximum absolute atomic E-state index is 13.0. The second-order valence-corrected chi connectivity index (χ2v) is 3.31. The van der Waals surface area contributed by atoms with Crippen LogP contribution in [0.25, 0.3) is 11.4 Å². The van der Waals surface area contributed by atoms with E-state index in [0.29, 0.717) is 17.2 Å². The molecule has 0 unspecified atom stereocenters. The maximum atomic E-state index is 13.0. The quantitative estimate of drug-likeness (QED) is 0.834. The fourth-order valence-corrected chi connectivity index (χ4v) is 1.35. The van der Waals surface area contributed by atoms with Gasteiger partial charge >= 0.3 is 0 Å². The molecular weight excluding hydrogens is 214 g/mol. The molecule has 84 valence electrons. The van der Waals surface area contributed by atoms with Crippen LogP contribution >= 0.6 is 0 Å². The van der Waals surface area contributed by atoms with E-state index >= 15 is 0 Å². The van der Waals surface area contributed by atoms with Crippen LogP contribution in [-0.4, -0.2) is 14.8 Å². The molecule has 0 spiro atoms. The lowest BCUT2D eigenvalue weighted by atomic mass is 10.2. The van der Waals surface area contributed by atoms with Crippen LogP contribution in [0.3, 0.4) is 0 Å². The van der Waals surface area contributed by atoms with E-state index in [-0.39, 0.29) is 6.54 Å². The van der Waals surface area contributed by atoms with Crippen molar-refractivity contribution in [1.82, 2.24) is 14.8 Å². The van der Waals surface area contributed by atoms with Crippen LogP contribution < -0.4 is 5.73 Å². The molecule has 0 aliphatic rings. The van der Waals surface area contributed by atoms with Gasteiger partial charge in [0.1, 0.15) is 5.82 Å². The van der Waals surface area contributed by atoms with Crippen molar-refractivity contribution in [3.05, 3.63) is 35.7 Å². The van der Waals surface area contributed by atoms with Crippen LogP contribution in [0.2, 0.25) is 0 Å². The van der Waals surface area contributed by atoms with Gasteiger partial charge in [-0.3, -0.25) is 4.68 Å². The molecule has 2 rings (SSSR count). The predicted molar refractivity (Wildman–Crippen MR) is 54.2 cm³/mol. The number of hydrogen-bond donors (Lipinski definition) is 1. The van der Waals surface area contributed by atoms with Gasteiger partial charge < -0.3 is 5.73 Å². The molecule has 6 heteroatoms. The van der Waals surface area contributed by atoms with Crippen LogP contribution in [-0.2, 0) is 13.6 Å². The van der Waals surface area contributed by atoms with Crippen LogP contribution in [0.1, 0.15) is 5.82 Å². The number of halogens is 2. The van der Waals surface area contributed by atoms with E-state index in [9.17, 15) is 8.78 Å². The average molecular weight is 224 g/mol. The van der Waals surface area contributed by atoms with E-state index in [1.807, 2.05) is 0 Å². The van der Waals surface area contributed by atoms with Crippen molar-refractivity contribution in [2.45, 2.75) is 6.54 Å². The summed E-state index contributed by atoms with van der Waals surface area (Å²) in [6.07, 6.45) is 0. The Morgan fingerprint density at radius 3 is 2.62 bits per heavy atom. The Bertz CT molecular complexity index is 522. The zero-order valence-corrected chi connectivity index (χ0v) is 8.61. The summed E-state index contributed by atoms with van der Waals surface area (Å²) in [4.78, 5) is 4.11. The molecule has 0 aliphatic heterocycles. The number of nitrogens with two attached hydrogens (primary N) is 1. The molecule has 1 aromatic carbocycles. The zero-order valence-electron chi connectivity index (χ0n) is 8.61. The van der Waals surface area contributed by atoms with Gasteiger partial charge in [0.25, 0.3) is 0 Å². The summed E-state index contributed by atoms with van der Waals surface area (Å²) in [6.45, 7) is 0.243. The maximum Gasteiger partial charge on any atom is 0.181 e. The number of aryl methyl sites for hydroxylation is 1. The van der Waals surface area contributed by atoms with Gasteiger partial charge in [-0.2, -0.15) is 5.10 Å². The van der Waals surface area contributed by atoms with Crippen LogP contribution in [0, 0.1) is 11.6 Å². The van der Waals surface area contributed by atoms with Gasteiger partial charge in [0.2, 0.25) is 0 Å². The zero-order chi connectivity index (χ0) is 11.7. The summed E-state index contributed by atoms with van der Waals surface area (Å²) >= 11 is 0. The third-order valence-corrected chi connectivity index (χ3v) is 2.21. The molecule has 0 saturated carbocycles. The lowest BCUT2D eigenvalue weighted by Crippen LogP contribution is -2.05. The molecule has 0 fully saturated rings. The topological polar surface area (TPSA) is 56.7 Å². The molecule has 0 saturated heterocycles. The van der Waals surface area contributed by atoms with E-state index in [2.05, 4.69) is 10.1 Å². The highest BCUT2D eigenvalue weighted by atomic mass is 19.2. The Kier molecular flexibility index (Phi) is 2.66. The minimum Gasteiger partial charge on any atom is -0.324 e. The van der Waals surface area contributed by atoms with Crippen molar-refractivity contribution in [2.75, 3.05) is 0 Å². The third kappa shape index (κ3) is 1.79. The summed E-state index contributed by atoms with van der Waals surface area (Å²) in [5.74, 6) is -0.889. The normalized spacial score (nSPS) is 10.8. The van der Waals surface area contributed by atoms with E-state index < -0.39 is 11.6 Å². The van der Waals surface area contributed by atoms with E-state index in [0.717, 1.165) is 12.1 Å². The third-order valence-electron chi connectivity index (χ3n) is 2.21. The number of rotatable bonds is 2. The number of nitrogens with zero attached hydrogens (tertiary/aromatic N) is 3. The predicted octanol–water partition coefficient (Wildman–Crippen LogP) is 1.22. The van der Waals surface area contributed by atoms with Gasteiger partial charge in [0.15, 0.2) is 17.5 Å². The standard InChI is InChI=1S/C10H10F2N4/c1-16-9(5-13)14-10(15-16)6-2-3-7(11)8(12)4-6/h2-4H,5,13H2,1H3. The van der Waals surface area contributed by atoms with Gasteiger partial charge in [-0.25, -0.2) is 13.8 Å². The minimum absolute atomic E-state index is 0.243. The Labute approximate surface area is 90.7 Å². The number of hydrogen-bond acceptors (Lipinski definition) is 3. The number of aromatic nitrogens is 3. The average Bonchev–Trinajstić information content (AvgIpc) is 2.64. The second-order valence-electron chi connectivity index (χ2n) is 3.31. The van der Waals surface area contributed by atoms with Crippen molar-refractivity contribution >= 4 is 0 Å². The lowest BCUT2D eigenvalue weighted by molar-refractivity contribution is 0.509. The highest BCUT2D eigenvalue weighted by molar-refractivity contribution is 5.54. The highest BCUT2D eigenvalue weighted by Gasteiger charge is 2.10. The van der Waals surface area contributed by atoms with Gasteiger partial charge in [0, 0.05) is 12.6 Å². The van der Waals surface area contributed by atoms with Crippen molar-refractivity contribution in [3.63, 3.8) is 0 Å². The highest BCUT2D eigenvalue weighted by Crippen LogP contribution is 2.18. The molecular formula is C10H10F2N4. The lowest BCUT2D eigenvalue weighted by Gasteiger charge is -1.96. The molecule has 2 N–H and O–H groups in total. The van der Waals surface area contributed by atoms with E-state index in [1.54, 1.807) is 7.05 Å². The first-order valence-electron chi connectivity index (χ1n) is 4.67. The van der Waals surface area contributed by atoms with Crippen LogP contribution in [0.5, 0.6) is 0 Å². The largest absolute Gasteiger partial charge is 0.324 e. The molecule has 1 aromatic heterocycles. The molecule has 1 heterocycles. The van der Waals surface area contributed by atoms with E-state index in [1.165, 1.54) is 10.7 Å². The van der Waals surface area contributed by atoms with Gasteiger partial charge in [-0.05, 0) is 18.2 Å².